The van der Waals surface area contributed by atoms with Gasteiger partial charge in [-0.25, -0.2) is 4.68 Å². The van der Waals surface area contributed by atoms with E-state index >= 15 is 0 Å². The van der Waals surface area contributed by atoms with Crippen molar-refractivity contribution in [3.63, 3.8) is 0 Å². The highest BCUT2D eigenvalue weighted by molar-refractivity contribution is 6.33. The number of nitrogens with two attached hydrogens (primary N) is 1. The van der Waals surface area contributed by atoms with Crippen molar-refractivity contribution in [3.8, 4) is 0 Å². The van der Waals surface area contributed by atoms with Gasteiger partial charge in [0.25, 0.3) is 5.91 Å². The van der Waals surface area contributed by atoms with Crippen molar-refractivity contribution in [1.82, 2.24) is 25.1 Å². The monoisotopic (exact) mass is 351 g/mol. The summed E-state index contributed by atoms with van der Waals surface area (Å²) in [4.78, 5) is 26.1. The first-order chi connectivity index (χ1) is 11.5. The van der Waals surface area contributed by atoms with E-state index in [-0.39, 0.29) is 18.4 Å². The molecule has 0 fully saturated rings. The molecule has 2 rings (SSSR count). The molecule has 0 spiro atoms. The highest BCUT2D eigenvalue weighted by Gasteiger charge is 2.16. The summed E-state index contributed by atoms with van der Waals surface area (Å²) in [5, 5.41) is 13.4. The molecule has 0 unspecified atom stereocenters. The van der Waals surface area contributed by atoms with Gasteiger partial charge in [-0.05, 0) is 42.5 Å². The van der Waals surface area contributed by atoms with Gasteiger partial charge in [0.2, 0.25) is 11.9 Å². The van der Waals surface area contributed by atoms with Crippen LogP contribution in [0.3, 0.4) is 0 Å². The Kier molecular flexibility index (Phi) is 5.69. The highest BCUT2D eigenvalue weighted by atomic mass is 35.5. The maximum atomic E-state index is 12.4. The van der Waals surface area contributed by atoms with E-state index < -0.39 is 5.91 Å². The molecule has 0 aliphatic carbocycles. The van der Waals surface area contributed by atoms with Gasteiger partial charge in [0.15, 0.2) is 0 Å². The summed E-state index contributed by atoms with van der Waals surface area (Å²) < 4.78 is 1.15. The van der Waals surface area contributed by atoms with Gasteiger partial charge in [0, 0.05) is 18.7 Å². The summed E-state index contributed by atoms with van der Waals surface area (Å²) in [6, 6.07) is 4.74. The number of amides is 2. The number of halogens is 1. The maximum absolute atomic E-state index is 12.4. The van der Waals surface area contributed by atoms with Crippen LogP contribution in [0.2, 0.25) is 5.02 Å². The van der Waals surface area contributed by atoms with Crippen molar-refractivity contribution in [3.05, 3.63) is 28.8 Å². The van der Waals surface area contributed by atoms with Crippen molar-refractivity contribution in [2.24, 2.45) is 0 Å². The first-order valence-corrected chi connectivity index (χ1v) is 7.74. The summed E-state index contributed by atoms with van der Waals surface area (Å²) >= 11 is 6.09. The van der Waals surface area contributed by atoms with Crippen LogP contribution in [0.5, 0.6) is 0 Å². The summed E-state index contributed by atoms with van der Waals surface area (Å²) in [6.07, 6.45) is 0. The molecule has 0 bridgehead atoms. The first-order valence-electron chi connectivity index (χ1n) is 7.36. The fraction of sp³-hybridized carbons (Fsp3) is 0.357. The SMILES string of the molecule is CCN(CC)C(=O)c1ccc(Cl)c(NC(=O)Cn2nnnc2N)c1. The number of hydrogen-bond donors (Lipinski definition) is 2. The average molecular weight is 352 g/mol. The van der Waals surface area contributed by atoms with E-state index in [9.17, 15) is 9.59 Å². The van der Waals surface area contributed by atoms with Crippen LogP contribution in [0.25, 0.3) is 0 Å². The predicted octanol–water partition coefficient (Wildman–Crippen LogP) is 1.03. The topological polar surface area (TPSA) is 119 Å². The second kappa shape index (κ2) is 7.73. The van der Waals surface area contributed by atoms with E-state index in [0.29, 0.717) is 29.4 Å². The van der Waals surface area contributed by atoms with Crippen LogP contribution in [0.15, 0.2) is 18.2 Å². The molecule has 1 heterocycles. The van der Waals surface area contributed by atoms with Gasteiger partial charge in [-0.2, -0.15) is 0 Å². The number of nitrogens with one attached hydrogen (secondary N) is 1. The van der Waals surface area contributed by atoms with E-state index in [2.05, 4.69) is 20.8 Å². The molecule has 3 N–H and O–H groups in total. The number of nitrogens with zero attached hydrogens (tertiary/aromatic N) is 5. The number of aromatic nitrogens is 4. The van der Waals surface area contributed by atoms with Gasteiger partial charge < -0.3 is 16.0 Å². The van der Waals surface area contributed by atoms with E-state index in [4.69, 9.17) is 17.3 Å². The maximum Gasteiger partial charge on any atom is 0.253 e. The zero-order valence-corrected chi connectivity index (χ0v) is 14.1. The smallest absolute Gasteiger partial charge is 0.253 e. The molecule has 128 valence electrons. The zero-order chi connectivity index (χ0) is 17.7. The molecule has 1 aromatic heterocycles. The Morgan fingerprint density at radius 1 is 1.33 bits per heavy atom. The Hall–Kier alpha value is -2.68. The Labute approximate surface area is 143 Å². The fourth-order valence-electron chi connectivity index (χ4n) is 2.10. The Morgan fingerprint density at radius 3 is 2.62 bits per heavy atom. The molecular formula is C14H18ClN7O2. The average Bonchev–Trinajstić information content (AvgIpc) is 2.95. The summed E-state index contributed by atoms with van der Waals surface area (Å²) in [7, 11) is 0. The lowest BCUT2D eigenvalue weighted by Crippen LogP contribution is -2.30. The molecule has 10 heteroatoms. The van der Waals surface area contributed by atoms with E-state index in [1.165, 1.54) is 0 Å². The fourth-order valence-corrected chi connectivity index (χ4v) is 2.26. The third-order valence-corrected chi connectivity index (χ3v) is 3.72. The third kappa shape index (κ3) is 3.99. The number of anilines is 2. The Morgan fingerprint density at radius 2 is 2.04 bits per heavy atom. The largest absolute Gasteiger partial charge is 0.367 e. The normalized spacial score (nSPS) is 10.5. The van der Waals surface area contributed by atoms with Gasteiger partial charge in [-0.1, -0.05) is 16.7 Å². The van der Waals surface area contributed by atoms with Gasteiger partial charge >= 0.3 is 0 Å². The minimum Gasteiger partial charge on any atom is -0.367 e. The number of benzene rings is 1. The number of carbonyl (C=O) groups is 2. The van der Waals surface area contributed by atoms with Crippen molar-refractivity contribution in [1.29, 1.82) is 0 Å². The number of nitrogen functional groups attached to an aromatic ring is 1. The highest BCUT2D eigenvalue weighted by Crippen LogP contribution is 2.24. The standard InChI is InChI=1S/C14H18ClN7O2/c1-3-21(4-2)13(24)9-5-6-10(15)11(7-9)17-12(23)8-22-14(16)18-19-20-22/h5-7H,3-4,8H2,1-2H3,(H,17,23)(H2,16,18,20). The second-order valence-corrected chi connectivity index (χ2v) is 5.32. The van der Waals surface area contributed by atoms with Gasteiger partial charge in [0.1, 0.15) is 6.54 Å². The van der Waals surface area contributed by atoms with Crippen LogP contribution in [-0.4, -0.2) is 50.0 Å². The summed E-state index contributed by atoms with van der Waals surface area (Å²) in [5.41, 5.74) is 6.29. The number of tetrazole rings is 1. The lowest BCUT2D eigenvalue weighted by atomic mass is 10.1. The lowest BCUT2D eigenvalue weighted by Gasteiger charge is -2.19. The number of hydrogen-bond acceptors (Lipinski definition) is 6. The molecule has 1 aromatic carbocycles. The van der Waals surface area contributed by atoms with Gasteiger partial charge in [-0.3, -0.25) is 9.59 Å². The van der Waals surface area contributed by atoms with Crippen LogP contribution in [0, 0.1) is 0 Å². The molecule has 0 aliphatic heterocycles. The van der Waals surface area contributed by atoms with Gasteiger partial charge in [0.05, 0.1) is 10.7 Å². The molecule has 24 heavy (non-hydrogen) atoms. The van der Waals surface area contributed by atoms with Crippen molar-refractivity contribution in [2.75, 3.05) is 24.1 Å². The molecule has 2 aromatic rings. The molecule has 9 nitrogen and oxygen atoms in total. The minimum atomic E-state index is -0.414. The molecule has 0 saturated heterocycles. The van der Waals surface area contributed by atoms with Crippen LogP contribution in [0.4, 0.5) is 11.6 Å². The molecule has 0 atom stereocenters. The molecule has 0 radical (unpaired) electrons. The molecule has 2 amide bonds. The second-order valence-electron chi connectivity index (χ2n) is 4.91. The molecular weight excluding hydrogens is 334 g/mol. The van der Waals surface area contributed by atoms with E-state index in [0.717, 1.165) is 4.68 Å². The van der Waals surface area contributed by atoms with Gasteiger partial charge in [-0.15, -0.1) is 0 Å². The first kappa shape index (κ1) is 17.7. The predicted molar refractivity (Wildman–Crippen MR) is 89.6 cm³/mol. The molecule has 0 aliphatic rings. The van der Waals surface area contributed by atoms with E-state index in [1.807, 2.05) is 13.8 Å². The van der Waals surface area contributed by atoms with E-state index in [1.54, 1.807) is 23.1 Å². The molecule has 0 saturated carbocycles. The van der Waals surface area contributed by atoms with Crippen molar-refractivity contribution >= 4 is 35.1 Å². The minimum absolute atomic E-state index is 0.0294. The lowest BCUT2D eigenvalue weighted by molar-refractivity contribution is -0.116. The van der Waals surface area contributed by atoms with Crippen LogP contribution < -0.4 is 11.1 Å². The van der Waals surface area contributed by atoms with Crippen LogP contribution >= 0.6 is 11.6 Å². The summed E-state index contributed by atoms with van der Waals surface area (Å²) in [6.45, 7) is 4.83. The van der Waals surface area contributed by atoms with Crippen molar-refractivity contribution in [2.45, 2.75) is 20.4 Å². The number of rotatable bonds is 6. The summed E-state index contributed by atoms with van der Waals surface area (Å²) in [5.74, 6) is -0.512. The Balaban J connectivity index is 2.15. The number of carbonyl (C=O) groups excluding carboxylic acids is 2. The zero-order valence-electron chi connectivity index (χ0n) is 13.4. The van der Waals surface area contributed by atoms with Crippen LogP contribution in [0.1, 0.15) is 24.2 Å². The van der Waals surface area contributed by atoms with Crippen LogP contribution in [-0.2, 0) is 11.3 Å². The Bertz CT molecular complexity index is 742. The quantitative estimate of drug-likeness (QED) is 0.802. The van der Waals surface area contributed by atoms with Crippen molar-refractivity contribution < 1.29 is 9.59 Å². The third-order valence-electron chi connectivity index (χ3n) is 3.39.